The predicted octanol–water partition coefficient (Wildman–Crippen LogP) is 4.14. The molecule has 1 aliphatic carbocycles. The Morgan fingerprint density at radius 2 is 1.54 bits per heavy atom. The van der Waals surface area contributed by atoms with E-state index < -0.39 is 29.0 Å². The number of carbonyl (C=O) groups is 3. The minimum absolute atomic E-state index is 0.0928. The summed E-state index contributed by atoms with van der Waals surface area (Å²) < 4.78 is 5.16. The van der Waals surface area contributed by atoms with Gasteiger partial charge in [0.2, 0.25) is 5.75 Å². The molecule has 0 bridgehead atoms. The van der Waals surface area contributed by atoms with E-state index in [-0.39, 0.29) is 34.4 Å². The highest BCUT2D eigenvalue weighted by molar-refractivity contribution is 6.29. The number of benzene rings is 2. The maximum atomic E-state index is 12.7. The highest BCUT2D eigenvalue weighted by Crippen LogP contribution is 2.44. The van der Waals surface area contributed by atoms with Gasteiger partial charge in [0, 0.05) is 23.1 Å². The summed E-state index contributed by atoms with van der Waals surface area (Å²) >= 11 is 0. The average Bonchev–Trinajstić information content (AvgIpc) is 2.69. The molecule has 28 heavy (non-hydrogen) atoms. The molecule has 2 aromatic rings. The van der Waals surface area contributed by atoms with E-state index in [2.05, 4.69) is 6.92 Å². The molecular weight excluding hydrogens is 360 g/mol. The largest absolute Gasteiger partial charge is 0.504 e. The van der Waals surface area contributed by atoms with E-state index in [0.29, 0.717) is 6.42 Å². The summed E-state index contributed by atoms with van der Waals surface area (Å²) in [5.74, 6) is -3.41. The fraction of sp³-hybridized carbons (Fsp3) is 0.318. The average molecular weight is 382 g/mol. The number of phenolic OH excluding ortho intramolecular Hbond substituents is 2. The maximum Gasteiger partial charge on any atom is 0.311 e. The van der Waals surface area contributed by atoms with E-state index in [1.54, 1.807) is 12.1 Å². The molecule has 6 nitrogen and oxygen atoms in total. The molecule has 2 aromatic carbocycles. The highest BCUT2D eigenvalue weighted by atomic mass is 16.5. The van der Waals surface area contributed by atoms with Crippen LogP contribution >= 0.6 is 0 Å². The van der Waals surface area contributed by atoms with E-state index in [1.807, 2.05) is 0 Å². The number of ketones is 2. The number of unbranched alkanes of at least 4 members (excludes halogenated alkanes) is 4. The van der Waals surface area contributed by atoms with Gasteiger partial charge in [-0.1, -0.05) is 56.9 Å². The minimum Gasteiger partial charge on any atom is -0.504 e. The fourth-order valence-corrected chi connectivity index (χ4v) is 3.33. The molecule has 2 N–H and O–H groups in total. The third kappa shape index (κ3) is 3.63. The zero-order valence-corrected chi connectivity index (χ0v) is 15.7. The van der Waals surface area contributed by atoms with Gasteiger partial charge in [-0.3, -0.25) is 14.4 Å². The standard InChI is InChI=1S/C22H22O6/c1-2-3-4-5-6-11-17(23)28-16-12-15-18(22(27)21(16)26)20(25)14-10-8-7-9-13(14)19(15)24/h7-10,12,26-27H,2-6,11H2,1H3. The Bertz CT molecular complexity index is 944. The van der Waals surface area contributed by atoms with Crippen LogP contribution in [-0.2, 0) is 4.79 Å². The van der Waals surface area contributed by atoms with Crippen molar-refractivity contribution < 1.29 is 29.3 Å². The van der Waals surface area contributed by atoms with E-state index in [0.717, 1.165) is 31.7 Å². The third-order valence-electron chi connectivity index (χ3n) is 4.84. The maximum absolute atomic E-state index is 12.7. The Morgan fingerprint density at radius 3 is 2.21 bits per heavy atom. The van der Waals surface area contributed by atoms with Crippen LogP contribution in [0.15, 0.2) is 30.3 Å². The van der Waals surface area contributed by atoms with Crippen LogP contribution in [0.2, 0.25) is 0 Å². The quantitative estimate of drug-likeness (QED) is 0.276. The van der Waals surface area contributed by atoms with Crippen molar-refractivity contribution in [3.8, 4) is 17.2 Å². The second-order valence-electron chi connectivity index (χ2n) is 6.84. The number of ether oxygens (including phenoxy) is 1. The first-order valence-corrected chi connectivity index (χ1v) is 9.43. The van der Waals surface area contributed by atoms with Crippen LogP contribution in [0.4, 0.5) is 0 Å². The molecule has 0 saturated carbocycles. The van der Waals surface area contributed by atoms with Gasteiger partial charge in [-0.05, 0) is 12.5 Å². The summed E-state index contributed by atoms with van der Waals surface area (Å²) in [7, 11) is 0. The molecule has 0 heterocycles. The van der Waals surface area contributed by atoms with Crippen molar-refractivity contribution in [2.24, 2.45) is 0 Å². The Hall–Kier alpha value is -3.15. The van der Waals surface area contributed by atoms with Crippen molar-refractivity contribution >= 4 is 17.5 Å². The molecule has 0 atom stereocenters. The van der Waals surface area contributed by atoms with E-state index in [1.165, 1.54) is 12.1 Å². The summed E-state index contributed by atoms with van der Waals surface area (Å²) in [5.41, 5.74) is -0.00451. The summed E-state index contributed by atoms with van der Waals surface area (Å²) in [6, 6.07) is 7.40. The van der Waals surface area contributed by atoms with Crippen molar-refractivity contribution in [1.82, 2.24) is 0 Å². The van der Waals surface area contributed by atoms with Gasteiger partial charge < -0.3 is 14.9 Å². The summed E-state index contributed by atoms with van der Waals surface area (Å²) in [5, 5.41) is 20.5. The van der Waals surface area contributed by atoms with Gasteiger partial charge >= 0.3 is 5.97 Å². The molecular formula is C22H22O6. The molecule has 0 aliphatic heterocycles. The molecule has 146 valence electrons. The van der Waals surface area contributed by atoms with Crippen LogP contribution in [0.1, 0.15) is 77.3 Å². The first-order chi connectivity index (χ1) is 13.5. The van der Waals surface area contributed by atoms with Crippen molar-refractivity contribution in [3.63, 3.8) is 0 Å². The second-order valence-corrected chi connectivity index (χ2v) is 6.84. The number of fused-ring (bicyclic) bond motifs is 2. The first-order valence-electron chi connectivity index (χ1n) is 9.43. The van der Waals surface area contributed by atoms with Crippen LogP contribution in [0.3, 0.4) is 0 Å². The lowest BCUT2D eigenvalue weighted by Crippen LogP contribution is -2.21. The molecule has 0 unspecified atom stereocenters. The number of rotatable bonds is 7. The van der Waals surface area contributed by atoms with E-state index >= 15 is 0 Å². The lowest BCUT2D eigenvalue weighted by molar-refractivity contribution is -0.134. The van der Waals surface area contributed by atoms with Gasteiger partial charge in [-0.25, -0.2) is 0 Å². The van der Waals surface area contributed by atoms with Crippen LogP contribution in [0, 0.1) is 0 Å². The molecule has 0 saturated heterocycles. The van der Waals surface area contributed by atoms with Gasteiger partial charge in [0.15, 0.2) is 23.1 Å². The van der Waals surface area contributed by atoms with Crippen LogP contribution in [0.25, 0.3) is 0 Å². The number of esters is 1. The molecule has 0 spiro atoms. The minimum atomic E-state index is -0.754. The first kappa shape index (κ1) is 19.6. The van der Waals surface area contributed by atoms with Crippen molar-refractivity contribution in [1.29, 1.82) is 0 Å². The van der Waals surface area contributed by atoms with Crippen LogP contribution in [0.5, 0.6) is 17.2 Å². The monoisotopic (exact) mass is 382 g/mol. The molecule has 0 aromatic heterocycles. The molecule has 0 fully saturated rings. The van der Waals surface area contributed by atoms with Crippen molar-refractivity contribution in [3.05, 3.63) is 52.6 Å². The Morgan fingerprint density at radius 1 is 0.893 bits per heavy atom. The van der Waals surface area contributed by atoms with Crippen molar-refractivity contribution in [2.75, 3.05) is 0 Å². The predicted molar refractivity (Wildman–Crippen MR) is 102 cm³/mol. The lowest BCUT2D eigenvalue weighted by Gasteiger charge is -2.20. The zero-order valence-electron chi connectivity index (χ0n) is 15.7. The third-order valence-corrected chi connectivity index (χ3v) is 4.84. The van der Waals surface area contributed by atoms with Gasteiger partial charge in [-0.2, -0.15) is 0 Å². The van der Waals surface area contributed by atoms with Crippen LogP contribution < -0.4 is 4.74 Å². The second kappa shape index (κ2) is 8.25. The number of aromatic hydroxyl groups is 2. The highest BCUT2D eigenvalue weighted by Gasteiger charge is 2.35. The summed E-state index contributed by atoms with van der Waals surface area (Å²) in [6.07, 6.45) is 4.95. The SMILES string of the molecule is CCCCCCCC(=O)Oc1cc2c(c(O)c1O)C(=O)c1ccccc1C2=O. The Kier molecular flexibility index (Phi) is 5.78. The number of carbonyl (C=O) groups excluding carboxylic acids is 3. The van der Waals surface area contributed by atoms with E-state index in [4.69, 9.17) is 4.74 Å². The number of hydrogen-bond donors (Lipinski definition) is 2. The molecule has 1 aliphatic rings. The van der Waals surface area contributed by atoms with Gasteiger partial charge in [0.25, 0.3) is 0 Å². The Balaban J connectivity index is 1.84. The smallest absolute Gasteiger partial charge is 0.311 e. The van der Waals surface area contributed by atoms with Crippen LogP contribution in [-0.4, -0.2) is 27.7 Å². The fourth-order valence-electron chi connectivity index (χ4n) is 3.33. The zero-order chi connectivity index (χ0) is 20.3. The summed E-state index contributed by atoms with van der Waals surface area (Å²) in [4.78, 5) is 37.5. The molecule has 6 heteroatoms. The van der Waals surface area contributed by atoms with Gasteiger partial charge in [-0.15, -0.1) is 0 Å². The van der Waals surface area contributed by atoms with Gasteiger partial charge in [0.1, 0.15) is 0 Å². The molecule has 0 radical (unpaired) electrons. The lowest BCUT2D eigenvalue weighted by atomic mass is 9.83. The number of hydrogen-bond acceptors (Lipinski definition) is 6. The normalized spacial score (nSPS) is 12.5. The van der Waals surface area contributed by atoms with Crippen molar-refractivity contribution in [2.45, 2.75) is 45.4 Å². The molecule has 3 rings (SSSR count). The molecule has 0 amide bonds. The Labute approximate surface area is 162 Å². The number of phenols is 2. The topological polar surface area (TPSA) is 101 Å². The van der Waals surface area contributed by atoms with Gasteiger partial charge in [0.05, 0.1) is 5.56 Å². The summed E-state index contributed by atoms with van der Waals surface area (Å²) in [6.45, 7) is 2.10. The van der Waals surface area contributed by atoms with E-state index in [9.17, 15) is 24.6 Å².